The maximum Gasteiger partial charge on any atom is 0.167 e. The van der Waals surface area contributed by atoms with Crippen molar-refractivity contribution < 1.29 is 4.39 Å². The molecule has 0 bridgehead atoms. The molecule has 0 saturated carbocycles. The Hall–Kier alpha value is -1.49. The van der Waals surface area contributed by atoms with Crippen molar-refractivity contribution in [1.82, 2.24) is 8.75 Å². The molecule has 3 nitrogen and oxygen atoms in total. The fourth-order valence-corrected chi connectivity index (χ4v) is 1.99. The van der Waals surface area contributed by atoms with Crippen molar-refractivity contribution in [1.29, 1.82) is 0 Å². The van der Waals surface area contributed by atoms with Crippen LogP contribution >= 0.6 is 11.7 Å². The number of nitrogens with zero attached hydrogens (tertiary/aromatic N) is 2. The first-order valence-corrected chi connectivity index (χ1v) is 5.22. The van der Waals surface area contributed by atoms with E-state index in [-0.39, 0.29) is 5.82 Å². The zero-order valence-corrected chi connectivity index (χ0v) is 9.23. The molecular formula is C10H10FN3S. The standard InChI is InChI=1S/C10H10FN3S/c1-6-5-7(11)3-4-8(6)9-10(12-2)14-15-13-9/h3-5H,1-2H3,(H,12,14). The van der Waals surface area contributed by atoms with Gasteiger partial charge in [-0.2, -0.15) is 8.75 Å². The van der Waals surface area contributed by atoms with Crippen LogP contribution in [0.5, 0.6) is 0 Å². The number of anilines is 1. The summed E-state index contributed by atoms with van der Waals surface area (Å²) >= 11 is 1.14. The fourth-order valence-electron chi connectivity index (χ4n) is 1.42. The molecule has 0 amide bonds. The Labute approximate surface area is 91.3 Å². The molecule has 1 N–H and O–H groups in total. The topological polar surface area (TPSA) is 37.8 Å². The molecule has 0 fully saturated rings. The van der Waals surface area contributed by atoms with Crippen molar-refractivity contribution in [3.05, 3.63) is 29.6 Å². The number of rotatable bonds is 2. The molecule has 1 aromatic carbocycles. The van der Waals surface area contributed by atoms with Gasteiger partial charge in [0.2, 0.25) is 0 Å². The molecule has 2 aromatic rings. The number of hydrogen-bond acceptors (Lipinski definition) is 4. The molecule has 5 heteroatoms. The third-order valence-corrected chi connectivity index (χ3v) is 2.70. The van der Waals surface area contributed by atoms with Gasteiger partial charge < -0.3 is 5.32 Å². The molecule has 15 heavy (non-hydrogen) atoms. The van der Waals surface area contributed by atoms with E-state index in [9.17, 15) is 4.39 Å². The quantitative estimate of drug-likeness (QED) is 0.850. The van der Waals surface area contributed by atoms with Gasteiger partial charge in [0, 0.05) is 12.6 Å². The molecule has 0 atom stereocenters. The van der Waals surface area contributed by atoms with Crippen LogP contribution in [0.25, 0.3) is 11.3 Å². The first-order valence-electron chi connectivity index (χ1n) is 4.49. The molecule has 0 unspecified atom stereocenters. The number of halogens is 1. The van der Waals surface area contributed by atoms with Crippen LogP contribution < -0.4 is 5.32 Å². The zero-order chi connectivity index (χ0) is 10.8. The largest absolute Gasteiger partial charge is 0.370 e. The van der Waals surface area contributed by atoms with Gasteiger partial charge in [-0.1, -0.05) is 0 Å². The summed E-state index contributed by atoms with van der Waals surface area (Å²) in [5.74, 6) is 0.500. The Morgan fingerprint density at radius 2 is 2.13 bits per heavy atom. The van der Waals surface area contributed by atoms with Gasteiger partial charge >= 0.3 is 0 Å². The summed E-state index contributed by atoms with van der Waals surface area (Å²) in [6, 6.07) is 4.65. The van der Waals surface area contributed by atoms with Crippen LogP contribution in [0.4, 0.5) is 10.2 Å². The van der Waals surface area contributed by atoms with Crippen molar-refractivity contribution in [3.8, 4) is 11.3 Å². The summed E-state index contributed by atoms with van der Waals surface area (Å²) in [5, 5.41) is 2.96. The van der Waals surface area contributed by atoms with Crippen molar-refractivity contribution in [3.63, 3.8) is 0 Å². The van der Waals surface area contributed by atoms with E-state index in [2.05, 4.69) is 14.1 Å². The van der Waals surface area contributed by atoms with E-state index in [0.717, 1.165) is 34.4 Å². The van der Waals surface area contributed by atoms with Gasteiger partial charge in [0.15, 0.2) is 5.82 Å². The molecule has 0 aliphatic carbocycles. The average Bonchev–Trinajstić information content (AvgIpc) is 2.65. The monoisotopic (exact) mass is 223 g/mol. The maximum absolute atomic E-state index is 12.9. The number of aromatic nitrogens is 2. The Kier molecular flexibility index (Phi) is 2.64. The molecule has 2 rings (SSSR count). The summed E-state index contributed by atoms with van der Waals surface area (Å²) in [4.78, 5) is 0. The second-order valence-corrected chi connectivity index (χ2v) is 3.70. The minimum Gasteiger partial charge on any atom is -0.370 e. The highest BCUT2D eigenvalue weighted by atomic mass is 32.1. The second kappa shape index (κ2) is 3.94. The van der Waals surface area contributed by atoms with Crippen molar-refractivity contribution in [2.75, 3.05) is 12.4 Å². The van der Waals surface area contributed by atoms with Crippen LogP contribution in [-0.2, 0) is 0 Å². The van der Waals surface area contributed by atoms with E-state index in [1.807, 2.05) is 6.92 Å². The van der Waals surface area contributed by atoms with E-state index in [4.69, 9.17) is 0 Å². The molecule has 0 radical (unpaired) electrons. The summed E-state index contributed by atoms with van der Waals surface area (Å²) < 4.78 is 21.2. The van der Waals surface area contributed by atoms with E-state index in [1.54, 1.807) is 13.1 Å². The first-order chi connectivity index (χ1) is 7.22. The second-order valence-electron chi connectivity index (χ2n) is 3.17. The van der Waals surface area contributed by atoms with Gasteiger partial charge in [-0.05, 0) is 30.7 Å². The van der Waals surface area contributed by atoms with Crippen LogP contribution in [0, 0.1) is 12.7 Å². The van der Waals surface area contributed by atoms with E-state index in [0.29, 0.717) is 0 Å². The third kappa shape index (κ3) is 1.83. The van der Waals surface area contributed by atoms with Crippen LogP contribution in [0.2, 0.25) is 0 Å². The van der Waals surface area contributed by atoms with Crippen molar-refractivity contribution in [2.45, 2.75) is 6.92 Å². The molecule has 78 valence electrons. The van der Waals surface area contributed by atoms with E-state index < -0.39 is 0 Å². The Morgan fingerprint density at radius 3 is 2.80 bits per heavy atom. The number of nitrogens with one attached hydrogen (secondary N) is 1. The molecule has 1 aromatic heterocycles. The predicted octanol–water partition coefficient (Wildman–Crippen LogP) is 2.69. The highest BCUT2D eigenvalue weighted by molar-refractivity contribution is 6.99. The van der Waals surface area contributed by atoms with Crippen LogP contribution in [0.3, 0.4) is 0 Å². The van der Waals surface area contributed by atoms with Crippen LogP contribution in [0.15, 0.2) is 18.2 Å². The molecular weight excluding hydrogens is 213 g/mol. The van der Waals surface area contributed by atoms with Gasteiger partial charge in [-0.25, -0.2) is 4.39 Å². The third-order valence-electron chi connectivity index (χ3n) is 2.17. The Balaban J connectivity index is 2.54. The minimum absolute atomic E-state index is 0.231. The average molecular weight is 223 g/mol. The summed E-state index contributed by atoms with van der Waals surface area (Å²) in [6.45, 7) is 1.86. The van der Waals surface area contributed by atoms with Crippen LogP contribution in [0.1, 0.15) is 5.56 Å². The van der Waals surface area contributed by atoms with E-state index >= 15 is 0 Å². The lowest BCUT2D eigenvalue weighted by Gasteiger charge is -2.04. The fraction of sp³-hybridized carbons (Fsp3) is 0.200. The highest BCUT2D eigenvalue weighted by Gasteiger charge is 2.11. The normalized spacial score (nSPS) is 10.3. The van der Waals surface area contributed by atoms with Crippen LogP contribution in [-0.4, -0.2) is 15.8 Å². The van der Waals surface area contributed by atoms with Crippen molar-refractivity contribution in [2.24, 2.45) is 0 Å². The van der Waals surface area contributed by atoms with Gasteiger partial charge in [-0.15, -0.1) is 0 Å². The van der Waals surface area contributed by atoms with E-state index in [1.165, 1.54) is 12.1 Å². The number of hydrogen-bond donors (Lipinski definition) is 1. The SMILES string of the molecule is CNc1nsnc1-c1ccc(F)cc1C. The van der Waals surface area contributed by atoms with Gasteiger partial charge in [0.05, 0.1) is 11.7 Å². The lowest BCUT2D eigenvalue weighted by atomic mass is 10.1. The maximum atomic E-state index is 12.9. The first kappa shape index (κ1) is 10.0. The number of benzene rings is 1. The summed E-state index contributed by atoms with van der Waals surface area (Å²) in [7, 11) is 1.79. The van der Waals surface area contributed by atoms with Gasteiger partial charge in [-0.3, -0.25) is 0 Å². The molecule has 1 heterocycles. The smallest absolute Gasteiger partial charge is 0.167 e. The van der Waals surface area contributed by atoms with Gasteiger partial charge in [0.1, 0.15) is 11.5 Å². The predicted molar refractivity (Wildman–Crippen MR) is 59.6 cm³/mol. The van der Waals surface area contributed by atoms with Gasteiger partial charge in [0.25, 0.3) is 0 Å². The Bertz CT molecular complexity index is 481. The minimum atomic E-state index is -0.231. The Morgan fingerprint density at radius 1 is 1.33 bits per heavy atom. The number of aryl methyl sites for hydroxylation is 1. The summed E-state index contributed by atoms with van der Waals surface area (Å²) in [6.07, 6.45) is 0. The van der Waals surface area contributed by atoms with Crippen molar-refractivity contribution >= 4 is 17.5 Å². The molecule has 0 aliphatic heterocycles. The summed E-state index contributed by atoms with van der Waals surface area (Å²) in [5.41, 5.74) is 2.55. The highest BCUT2D eigenvalue weighted by Crippen LogP contribution is 2.28. The molecule has 0 aliphatic rings. The molecule has 0 saturated heterocycles. The lowest BCUT2D eigenvalue weighted by Crippen LogP contribution is -1.92. The lowest BCUT2D eigenvalue weighted by molar-refractivity contribution is 0.627. The zero-order valence-electron chi connectivity index (χ0n) is 8.41. The molecule has 0 spiro atoms.